The molecule has 2 rings (SSSR count). The zero-order valence-corrected chi connectivity index (χ0v) is 11.0. The van der Waals surface area contributed by atoms with Gasteiger partial charge in [0, 0.05) is 31.6 Å². The minimum atomic E-state index is -0.287. The second-order valence-corrected chi connectivity index (χ2v) is 4.87. The monoisotopic (exact) mass is 261 g/mol. The Morgan fingerprint density at radius 3 is 2.35 bits per heavy atom. The Balaban J connectivity index is 0.00000144. The van der Waals surface area contributed by atoms with Gasteiger partial charge in [0.15, 0.2) is 0 Å². The second kappa shape index (κ2) is 5.69. The van der Waals surface area contributed by atoms with E-state index < -0.39 is 0 Å². The molecule has 2 aliphatic rings. The molecule has 0 aliphatic carbocycles. The van der Waals surface area contributed by atoms with Gasteiger partial charge in [-0.2, -0.15) is 0 Å². The minimum Gasteiger partial charge on any atom is -0.344 e. The molecule has 6 heteroatoms. The fraction of sp³-hybridized carbons (Fsp3) is 0.818. The van der Waals surface area contributed by atoms with Gasteiger partial charge in [-0.05, 0) is 20.3 Å². The van der Waals surface area contributed by atoms with E-state index in [0.717, 1.165) is 13.1 Å². The molecule has 0 saturated carbocycles. The molecule has 2 amide bonds. The van der Waals surface area contributed by atoms with E-state index in [1.54, 1.807) is 0 Å². The first-order valence-corrected chi connectivity index (χ1v) is 5.90. The standard InChI is InChI=1S/C11H19N3O2.ClH/c1-7-5-14(6-8(2)12-7)11(16)9-3-4-10(15)13-9;/h7-9,12H,3-6H2,1-2H3,(H,13,15);1H/t7?,8?,9-;/m1./s1. The highest BCUT2D eigenvalue weighted by Gasteiger charge is 2.33. The molecule has 2 aliphatic heterocycles. The van der Waals surface area contributed by atoms with Crippen molar-refractivity contribution in [1.82, 2.24) is 15.5 Å². The van der Waals surface area contributed by atoms with Crippen molar-refractivity contribution in [2.24, 2.45) is 0 Å². The molecule has 5 nitrogen and oxygen atoms in total. The van der Waals surface area contributed by atoms with Crippen molar-refractivity contribution < 1.29 is 9.59 Å². The third kappa shape index (κ3) is 3.33. The largest absolute Gasteiger partial charge is 0.344 e. The van der Waals surface area contributed by atoms with Crippen LogP contribution in [0.25, 0.3) is 0 Å². The van der Waals surface area contributed by atoms with Gasteiger partial charge >= 0.3 is 0 Å². The van der Waals surface area contributed by atoms with Crippen LogP contribution in [0.4, 0.5) is 0 Å². The highest BCUT2D eigenvalue weighted by molar-refractivity contribution is 5.90. The second-order valence-electron chi connectivity index (χ2n) is 4.87. The van der Waals surface area contributed by atoms with Crippen LogP contribution in [0.1, 0.15) is 26.7 Å². The zero-order valence-electron chi connectivity index (χ0n) is 10.2. The van der Waals surface area contributed by atoms with E-state index in [0.29, 0.717) is 24.9 Å². The molecule has 0 aromatic rings. The van der Waals surface area contributed by atoms with E-state index in [-0.39, 0.29) is 30.3 Å². The maximum absolute atomic E-state index is 12.1. The lowest BCUT2D eigenvalue weighted by atomic mass is 10.1. The van der Waals surface area contributed by atoms with Crippen LogP contribution in [0.15, 0.2) is 0 Å². The summed E-state index contributed by atoms with van der Waals surface area (Å²) in [5.41, 5.74) is 0. The van der Waals surface area contributed by atoms with E-state index in [4.69, 9.17) is 0 Å². The third-order valence-electron chi connectivity index (χ3n) is 3.16. The van der Waals surface area contributed by atoms with Crippen molar-refractivity contribution in [3.05, 3.63) is 0 Å². The lowest BCUT2D eigenvalue weighted by molar-refractivity contribution is -0.136. The van der Waals surface area contributed by atoms with Crippen LogP contribution < -0.4 is 10.6 Å². The SMILES string of the molecule is CC1CN(C(=O)[C@H]2CCC(=O)N2)CC(C)N1.Cl. The van der Waals surface area contributed by atoms with Gasteiger partial charge in [-0.25, -0.2) is 0 Å². The van der Waals surface area contributed by atoms with E-state index in [9.17, 15) is 9.59 Å². The van der Waals surface area contributed by atoms with Crippen molar-refractivity contribution >= 4 is 24.2 Å². The van der Waals surface area contributed by atoms with Crippen LogP contribution in [-0.2, 0) is 9.59 Å². The number of rotatable bonds is 1. The van der Waals surface area contributed by atoms with E-state index in [1.165, 1.54) is 0 Å². The number of piperazine rings is 1. The maximum Gasteiger partial charge on any atom is 0.245 e. The molecular weight excluding hydrogens is 242 g/mol. The topological polar surface area (TPSA) is 61.4 Å². The highest BCUT2D eigenvalue weighted by atomic mass is 35.5. The summed E-state index contributed by atoms with van der Waals surface area (Å²) in [5.74, 6) is 0.0700. The van der Waals surface area contributed by atoms with E-state index in [2.05, 4.69) is 24.5 Å². The summed E-state index contributed by atoms with van der Waals surface area (Å²) >= 11 is 0. The molecule has 2 N–H and O–H groups in total. The van der Waals surface area contributed by atoms with Gasteiger partial charge in [0.25, 0.3) is 0 Å². The van der Waals surface area contributed by atoms with Crippen molar-refractivity contribution in [3.63, 3.8) is 0 Å². The van der Waals surface area contributed by atoms with Crippen molar-refractivity contribution in [2.75, 3.05) is 13.1 Å². The van der Waals surface area contributed by atoms with E-state index >= 15 is 0 Å². The molecule has 0 spiro atoms. The molecule has 2 unspecified atom stereocenters. The van der Waals surface area contributed by atoms with Gasteiger partial charge in [-0.15, -0.1) is 12.4 Å². The fourth-order valence-corrected chi connectivity index (χ4v) is 2.53. The predicted octanol–water partition coefficient (Wildman–Crippen LogP) is -0.104. The van der Waals surface area contributed by atoms with Gasteiger partial charge in [-0.3, -0.25) is 9.59 Å². The van der Waals surface area contributed by atoms with Gasteiger partial charge in [0.1, 0.15) is 6.04 Å². The Hall–Kier alpha value is -0.810. The molecular formula is C11H20ClN3O2. The number of amides is 2. The van der Waals surface area contributed by atoms with E-state index in [1.807, 2.05) is 4.90 Å². The lowest BCUT2D eigenvalue weighted by Gasteiger charge is -2.37. The van der Waals surface area contributed by atoms with Crippen LogP contribution in [0, 0.1) is 0 Å². The van der Waals surface area contributed by atoms with Gasteiger partial charge < -0.3 is 15.5 Å². The Bertz CT molecular complexity index is 301. The molecule has 2 heterocycles. The molecule has 0 aromatic carbocycles. The predicted molar refractivity (Wildman–Crippen MR) is 67.1 cm³/mol. The lowest BCUT2D eigenvalue weighted by Crippen LogP contribution is -2.58. The molecule has 2 saturated heterocycles. The van der Waals surface area contributed by atoms with Crippen molar-refractivity contribution in [2.45, 2.75) is 44.8 Å². The first-order valence-electron chi connectivity index (χ1n) is 5.90. The van der Waals surface area contributed by atoms with Gasteiger partial charge in [0.2, 0.25) is 11.8 Å². The van der Waals surface area contributed by atoms with Gasteiger partial charge in [0.05, 0.1) is 0 Å². The Morgan fingerprint density at radius 2 is 1.88 bits per heavy atom. The van der Waals surface area contributed by atoms with Crippen LogP contribution in [0.5, 0.6) is 0 Å². The Kier molecular flexibility index (Phi) is 4.77. The summed E-state index contributed by atoms with van der Waals surface area (Å²) in [6.07, 6.45) is 1.12. The number of nitrogens with zero attached hydrogens (tertiary/aromatic N) is 1. The summed E-state index contributed by atoms with van der Waals surface area (Å²) in [6.45, 7) is 5.61. The summed E-state index contributed by atoms with van der Waals surface area (Å²) in [4.78, 5) is 25.1. The van der Waals surface area contributed by atoms with Crippen LogP contribution >= 0.6 is 12.4 Å². The Labute approximate surface area is 108 Å². The molecule has 98 valence electrons. The summed E-state index contributed by atoms with van der Waals surface area (Å²) in [6, 6.07) is 0.361. The molecule has 2 fully saturated rings. The van der Waals surface area contributed by atoms with Crippen molar-refractivity contribution in [1.29, 1.82) is 0 Å². The van der Waals surface area contributed by atoms with Crippen molar-refractivity contribution in [3.8, 4) is 0 Å². The fourth-order valence-electron chi connectivity index (χ4n) is 2.53. The normalized spacial score (nSPS) is 32.9. The third-order valence-corrected chi connectivity index (χ3v) is 3.16. The molecule has 3 atom stereocenters. The number of carbonyl (C=O) groups is 2. The molecule has 0 radical (unpaired) electrons. The maximum atomic E-state index is 12.1. The first-order chi connectivity index (χ1) is 7.56. The molecule has 17 heavy (non-hydrogen) atoms. The highest BCUT2D eigenvalue weighted by Crippen LogP contribution is 2.12. The summed E-state index contributed by atoms with van der Waals surface area (Å²) in [5, 5.41) is 6.11. The first kappa shape index (κ1) is 14.3. The summed E-state index contributed by atoms with van der Waals surface area (Å²) in [7, 11) is 0. The molecule has 0 aromatic heterocycles. The number of nitrogens with one attached hydrogen (secondary N) is 2. The minimum absolute atomic E-state index is 0. The number of hydrogen-bond acceptors (Lipinski definition) is 3. The van der Waals surface area contributed by atoms with Gasteiger partial charge in [-0.1, -0.05) is 0 Å². The average molecular weight is 262 g/mol. The average Bonchev–Trinajstić information content (AvgIpc) is 2.62. The van der Waals surface area contributed by atoms with Crippen LogP contribution in [0.2, 0.25) is 0 Å². The summed E-state index contributed by atoms with van der Waals surface area (Å²) < 4.78 is 0. The van der Waals surface area contributed by atoms with Crippen LogP contribution in [-0.4, -0.2) is 47.9 Å². The number of carbonyl (C=O) groups excluding carboxylic acids is 2. The zero-order chi connectivity index (χ0) is 11.7. The molecule has 0 bridgehead atoms. The number of hydrogen-bond donors (Lipinski definition) is 2. The smallest absolute Gasteiger partial charge is 0.245 e. The Morgan fingerprint density at radius 1 is 1.29 bits per heavy atom. The quantitative estimate of drug-likeness (QED) is 0.693. The number of halogens is 1. The van der Waals surface area contributed by atoms with Crippen LogP contribution in [0.3, 0.4) is 0 Å².